The van der Waals surface area contributed by atoms with Gasteiger partial charge in [0.15, 0.2) is 5.78 Å². The molecule has 1 atom stereocenters. The molecule has 0 amide bonds. The number of benzene rings is 2. The molecular formula is C17H14ClNO. The molecule has 0 N–H and O–H groups in total. The van der Waals surface area contributed by atoms with Crippen LogP contribution in [0.15, 0.2) is 42.5 Å². The number of nitriles is 1. The number of carbonyl (C=O) groups excluding carboxylic acids is 1. The number of nitrogens with zero attached hydrogens (tertiary/aromatic N) is 1. The lowest BCUT2D eigenvalue weighted by atomic mass is 9.90. The predicted octanol–water partition coefficient (Wildman–Crippen LogP) is 4.45. The van der Waals surface area contributed by atoms with Crippen molar-refractivity contribution in [3.63, 3.8) is 0 Å². The van der Waals surface area contributed by atoms with E-state index in [1.165, 1.54) is 0 Å². The zero-order valence-corrected chi connectivity index (χ0v) is 12.1. The monoisotopic (exact) mass is 283 g/mol. The molecule has 0 aliphatic rings. The van der Waals surface area contributed by atoms with Crippen molar-refractivity contribution in [2.24, 2.45) is 0 Å². The van der Waals surface area contributed by atoms with E-state index in [1.54, 1.807) is 24.3 Å². The van der Waals surface area contributed by atoms with E-state index in [9.17, 15) is 10.1 Å². The van der Waals surface area contributed by atoms with Crippen LogP contribution in [0.2, 0.25) is 5.02 Å². The SMILES string of the molecule is Cc1ccc(C(C#N)C(=O)c2ccccc2Cl)cc1C. The van der Waals surface area contributed by atoms with Crippen molar-refractivity contribution >= 4 is 17.4 Å². The van der Waals surface area contributed by atoms with Gasteiger partial charge in [-0.05, 0) is 42.7 Å². The van der Waals surface area contributed by atoms with Crippen molar-refractivity contribution < 1.29 is 4.79 Å². The zero-order chi connectivity index (χ0) is 14.7. The summed E-state index contributed by atoms with van der Waals surface area (Å²) in [4.78, 5) is 12.5. The van der Waals surface area contributed by atoms with Crippen LogP contribution in [0.1, 0.15) is 33.0 Å². The van der Waals surface area contributed by atoms with Crippen LogP contribution < -0.4 is 0 Å². The van der Waals surface area contributed by atoms with E-state index in [-0.39, 0.29) is 5.78 Å². The molecule has 0 aliphatic heterocycles. The van der Waals surface area contributed by atoms with E-state index < -0.39 is 5.92 Å². The van der Waals surface area contributed by atoms with Crippen LogP contribution in [0.4, 0.5) is 0 Å². The second-order valence-corrected chi connectivity index (χ2v) is 5.16. The van der Waals surface area contributed by atoms with E-state index in [0.717, 1.165) is 11.1 Å². The Morgan fingerprint density at radius 3 is 2.45 bits per heavy atom. The Balaban J connectivity index is 2.43. The molecule has 0 fully saturated rings. The Labute approximate surface area is 123 Å². The van der Waals surface area contributed by atoms with Crippen LogP contribution in [-0.2, 0) is 0 Å². The molecule has 0 bridgehead atoms. The Morgan fingerprint density at radius 1 is 1.15 bits per heavy atom. The highest BCUT2D eigenvalue weighted by Gasteiger charge is 2.23. The number of halogens is 1. The van der Waals surface area contributed by atoms with Gasteiger partial charge >= 0.3 is 0 Å². The predicted molar refractivity (Wildman–Crippen MR) is 80.1 cm³/mol. The molecule has 20 heavy (non-hydrogen) atoms. The summed E-state index contributed by atoms with van der Waals surface area (Å²) in [6.07, 6.45) is 0. The number of hydrogen-bond donors (Lipinski definition) is 0. The molecular weight excluding hydrogens is 270 g/mol. The average molecular weight is 284 g/mol. The maximum Gasteiger partial charge on any atom is 0.185 e. The summed E-state index contributed by atoms with van der Waals surface area (Å²) < 4.78 is 0. The molecule has 0 aliphatic carbocycles. The third-order valence-electron chi connectivity index (χ3n) is 3.39. The standard InChI is InChI=1S/C17H14ClNO/c1-11-7-8-13(9-12(11)2)15(10-19)17(20)14-5-3-4-6-16(14)18/h3-9,15H,1-2H3. The third kappa shape index (κ3) is 2.74. The van der Waals surface area contributed by atoms with Gasteiger partial charge in [0, 0.05) is 5.56 Å². The number of aryl methyl sites for hydroxylation is 2. The second kappa shape index (κ2) is 5.90. The van der Waals surface area contributed by atoms with Crippen molar-refractivity contribution in [1.29, 1.82) is 5.26 Å². The fourth-order valence-electron chi connectivity index (χ4n) is 2.05. The summed E-state index contributed by atoms with van der Waals surface area (Å²) in [5.41, 5.74) is 3.30. The molecule has 0 radical (unpaired) electrons. The van der Waals surface area contributed by atoms with Crippen molar-refractivity contribution in [2.45, 2.75) is 19.8 Å². The molecule has 0 heterocycles. The summed E-state index contributed by atoms with van der Waals surface area (Å²) >= 11 is 6.03. The van der Waals surface area contributed by atoms with Gasteiger partial charge in [0.2, 0.25) is 0 Å². The van der Waals surface area contributed by atoms with Crippen LogP contribution in [0.5, 0.6) is 0 Å². The number of hydrogen-bond acceptors (Lipinski definition) is 2. The first kappa shape index (κ1) is 14.3. The summed E-state index contributed by atoms with van der Waals surface area (Å²) in [6.45, 7) is 3.96. The molecule has 0 saturated heterocycles. The lowest BCUT2D eigenvalue weighted by molar-refractivity contribution is 0.0979. The number of Topliss-reactive ketones (excluding diaryl/α,β-unsaturated/α-hetero) is 1. The Morgan fingerprint density at radius 2 is 1.85 bits per heavy atom. The first-order valence-electron chi connectivity index (χ1n) is 6.30. The second-order valence-electron chi connectivity index (χ2n) is 4.75. The lowest BCUT2D eigenvalue weighted by Crippen LogP contribution is -2.12. The Bertz CT molecular complexity index is 700. The smallest absolute Gasteiger partial charge is 0.185 e. The van der Waals surface area contributed by atoms with Gasteiger partial charge in [-0.3, -0.25) is 4.79 Å². The molecule has 100 valence electrons. The molecule has 0 spiro atoms. The largest absolute Gasteiger partial charge is 0.292 e. The molecule has 2 aromatic rings. The van der Waals surface area contributed by atoms with Crippen molar-refractivity contribution in [2.75, 3.05) is 0 Å². The Hall–Kier alpha value is -2.11. The summed E-state index contributed by atoms with van der Waals surface area (Å²) in [5, 5.41) is 9.72. The molecule has 3 heteroatoms. The van der Waals surface area contributed by atoms with E-state index in [4.69, 9.17) is 11.6 Å². The minimum atomic E-state index is -0.825. The molecule has 2 aromatic carbocycles. The van der Waals surface area contributed by atoms with Crippen molar-refractivity contribution in [3.05, 3.63) is 69.7 Å². The maximum absolute atomic E-state index is 12.5. The quantitative estimate of drug-likeness (QED) is 0.781. The van der Waals surface area contributed by atoms with Crippen LogP contribution >= 0.6 is 11.6 Å². The number of rotatable bonds is 3. The Kier molecular flexibility index (Phi) is 4.22. The van der Waals surface area contributed by atoms with Gasteiger partial charge in [-0.1, -0.05) is 41.9 Å². The van der Waals surface area contributed by atoms with E-state index >= 15 is 0 Å². The molecule has 2 nitrogen and oxygen atoms in total. The van der Waals surface area contributed by atoms with Crippen molar-refractivity contribution in [3.8, 4) is 6.07 Å². The van der Waals surface area contributed by atoms with Crippen LogP contribution in [0.3, 0.4) is 0 Å². The van der Waals surface area contributed by atoms with Crippen molar-refractivity contribution in [1.82, 2.24) is 0 Å². The van der Waals surface area contributed by atoms with E-state index in [2.05, 4.69) is 6.07 Å². The number of ketones is 1. The van der Waals surface area contributed by atoms with Crippen LogP contribution in [0.25, 0.3) is 0 Å². The first-order chi connectivity index (χ1) is 9.54. The van der Waals surface area contributed by atoms with E-state index in [1.807, 2.05) is 32.0 Å². The highest BCUT2D eigenvalue weighted by molar-refractivity contribution is 6.34. The van der Waals surface area contributed by atoms with Gasteiger partial charge in [-0.15, -0.1) is 0 Å². The zero-order valence-electron chi connectivity index (χ0n) is 11.4. The van der Waals surface area contributed by atoms with Gasteiger partial charge in [0.1, 0.15) is 5.92 Å². The highest BCUT2D eigenvalue weighted by Crippen LogP contribution is 2.26. The van der Waals surface area contributed by atoms with Gasteiger partial charge in [0.05, 0.1) is 11.1 Å². The van der Waals surface area contributed by atoms with Crippen LogP contribution in [-0.4, -0.2) is 5.78 Å². The topological polar surface area (TPSA) is 40.9 Å². The number of carbonyl (C=O) groups is 1. The average Bonchev–Trinajstić information content (AvgIpc) is 2.44. The van der Waals surface area contributed by atoms with E-state index in [0.29, 0.717) is 16.1 Å². The van der Waals surface area contributed by atoms with Gasteiger partial charge < -0.3 is 0 Å². The minimum absolute atomic E-state index is 0.263. The lowest BCUT2D eigenvalue weighted by Gasteiger charge is -2.11. The molecule has 1 unspecified atom stereocenters. The maximum atomic E-state index is 12.5. The first-order valence-corrected chi connectivity index (χ1v) is 6.68. The summed E-state index contributed by atoms with van der Waals surface area (Å²) in [6, 6.07) is 14.5. The van der Waals surface area contributed by atoms with Gasteiger partial charge in [0.25, 0.3) is 0 Å². The normalized spacial score (nSPS) is 11.7. The molecule has 2 rings (SSSR count). The fraction of sp³-hybridized carbons (Fsp3) is 0.176. The third-order valence-corrected chi connectivity index (χ3v) is 3.72. The highest BCUT2D eigenvalue weighted by atomic mass is 35.5. The molecule has 0 aromatic heterocycles. The van der Waals surface area contributed by atoms with Gasteiger partial charge in [-0.2, -0.15) is 5.26 Å². The fourth-order valence-corrected chi connectivity index (χ4v) is 2.27. The van der Waals surface area contributed by atoms with Crippen LogP contribution in [0, 0.1) is 25.2 Å². The summed E-state index contributed by atoms with van der Waals surface area (Å²) in [7, 11) is 0. The molecule has 0 saturated carbocycles. The minimum Gasteiger partial charge on any atom is -0.292 e. The summed E-state index contributed by atoms with van der Waals surface area (Å²) in [5.74, 6) is -1.09. The van der Waals surface area contributed by atoms with Gasteiger partial charge in [-0.25, -0.2) is 0 Å².